The van der Waals surface area contributed by atoms with Crippen LogP contribution in [0.3, 0.4) is 0 Å². The van der Waals surface area contributed by atoms with Gasteiger partial charge in [-0.15, -0.1) is 5.10 Å². The minimum Gasteiger partial charge on any atom is -0.410 e. The van der Waals surface area contributed by atoms with Crippen molar-refractivity contribution in [1.82, 2.24) is 15.2 Å². The molecule has 2 rings (SSSR count). The van der Waals surface area contributed by atoms with Gasteiger partial charge in [-0.1, -0.05) is 35.2 Å². The third-order valence-corrected chi connectivity index (χ3v) is 1.60. The third kappa shape index (κ3) is 1.03. The molecule has 1 aromatic heterocycles. The molecule has 0 unspecified atom stereocenters. The normalized spacial score (nSPS) is 10.0. The first-order valence-electron chi connectivity index (χ1n) is 3.53. The Bertz CT molecular complexity index is 369. The smallest absolute Gasteiger partial charge is 0.130 e. The lowest BCUT2D eigenvalue weighted by atomic mass is 10.2. The molecule has 4 nitrogen and oxygen atoms in total. The van der Waals surface area contributed by atoms with Crippen molar-refractivity contribution >= 4 is 0 Å². The second-order valence-electron chi connectivity index (χ2n) is 2.37. The van der Waals surface area contributed by atoms with Crippen LogP contribution in [0.2, 0.25) is 0 Å². The Kier molecular flexibility index (Phi) is 1.51. The van der Waals surface area contributed by atoms with Crippen molar-refractivity contribution in [1.29, 1.82) is 0 Å². The summed E-state index contributed by atoms with van der Waals surface area (Å²) in [6.07, 6.45) is 1.51. The van der Waals surface area contributed by atoms with Gasteiger partial charge in [-0.3, -0.25) is 0 Å². The number of rotatable bonds is 1. The van der Waals surface area contributed by atoms with Crippen LogP contribution in [0.15, 0.2) is 36.5 Å². The molecule has 0 amide bonds. The summed E-state index contributed by atoms with van der Waals surface area (Å²) in [4.78, 5) is 0.759. The van der Waals surface area contributed by atoms with Crippen LogP contribution in [-0.2, 0) is 0 Å². The van der Waals surface area contributed by atoms with E-state index in [1.807, 2.05) is 30.3 Å². The second-order valence-corrected chi connectivity index (χ2v) is 2.37. The zero-order valence-electron chi connectivity index (χ0n) is 6.25. The van der Waals surface area contributed by atoms with Gasteiger partial charge >= 0.3 is 0 Å². The van der Waals surface area contributed by atoms with E-state index in [0.717, 1.165) is 10.4 Å². The molecule has 0 aliphatic carbocycles. The average molecular weight is 161 g/mol. The predicted octanol–water partition coefficient (Wildman–Crippen LogP) is 1.18. The van der Waals surface area contributed by atoms with E-state index in [1.165, 1.54) is 6.20 Å². The van der Waals surface area contributed by atoms with E-state index in [-0.39, 0.29) is 0 Å². The summed E-state index contributed by atoms with van der Waals surface area (Å²) in [5.41, 5.74) is 1.49. The molecular formula is C8H7N3O. The van der Waals surface area contributed by atoms with Gasteiger partial charge in [-0.05, 0) is 5.21 Å². The highest BCUT2D eigenvalue weighted by atomic mass is 16.5. The summed E-state index contributed by atoms with van der Waals surface area (Å²) in [6, 6.07) is 9.45. The number of aromatic nitrogens is 3. The van der Waals surface area contributed by atoms with Gasteiger partial charge in [0.15, 0.2) is 0 Å². The van der Waals surface area contributed by atoms with Crippen LogP contribution in [0.25, 0.3) is 11.3 Å². The van der Waals surface area contributed by atoms with Crippen LogP contribution in [0.4, 0.5) is 0 Å². The molecule has 0 aliphatic heterocycles. The number of nitrogens with zero attached hydrogens (tertiary/aromatic N) is 3. The minimum atomic E-state index is 0.593. The maximum absolute atomic E-state index is 9.15. The molecule has 12 heavy (non-hydrogen) atoms. The van der Waals surface area contributed by atoms with Gasteiger partial charge in [0, 0.05) is 5.56 Å². The van der Waals surface area contributed by atoms with Gasteiger partial charge in [0.25, 0.3) is 0 Å². The Hall–Kier alpha value is -1.84. The van der Waals surface area contributed by atoms with E-state index in [4.69, 9.17) is 5.21 Å². The molecule has 60 valence electrons. The van der Waals surface area contributed by atoms with Crippen molar-refractivity contribution in [3.63, 3.8) is 0 Å². The van der Waals surface area contributed by atoms with E-state index >= 15 is 0 Å². The van der Waals surface area contributed by atoms with Crippen LogP contribution in [0.1, 0.15) is 0 Å². The van der Waals surface area contributed by atoms with E-state index in [0.29, 0.717) is 5.69 Å². The van der Waals surface area contributed by atoms with Crippen molar-refractivity contribution in [3.05, 3.63) is 36.5 Å². The summed E-state index contributed by atoms with van der Waals surface area (Å²) in [5, 5.41) is 16.1. The third-order valence-electron chi connectivity index (χ3n) is 1.60. The fraction of sp³-hybridized carbons (Fsp3) is 0. The maximum Gasteiger partial charge on any atom is 0.130 e. The van der Waals surface area contributed by atoms with Gasteiger partial charge in [0.2, 0.25) is 0 Å². The Morgan fingerprint density at radius 3 is 2.50 bits per heavy atom. The van der Waals surface area contributed by atoms with Gasteiger partial charge < -0.3 is 5.21 Å². The molecule has 0 saturated carbocycles. The summed E-state index contributed by atoms with van der Waals surface area (Å²) >= 11 is 0. The van der Waals surface area contributed by atoms with E-state index in [1.54, 1.807) is 0 Å². The predicted molar refractivity (Wildman–Crippen MR) is 42.6 cm³/mol. The molecule has 1 heterocycles. The molecule has 1 aromatic carbocycles. The highest BCUT2D eigenvalue weighted by molar-refractivity contribution is 5.57. The average Bonchev–Trinajstić information content (AvgIpc) is 2.53. The van der Waals surface area contributed by atoms with Gasteiger partial charge in [0.05, 0.1) is 6.20 Å². The summed E-state index contributed by atoms with van der Waals surface area (Å²) < 4.78 is 0. The summed E-state index contributed by atoms with van der Waals surface area (Å²) in [7, 11) is 0. The van der Waals surface area contributed by atoms with Gasteiger partial charge in [0.1, 0.15) is 5.69 Å². The molecule has 0 spiro atoms. The Morgan fingerprint density at radius 2 is 1.92 bits per heavy atom. The zero-order valence-corrected chi connectivity index (χ0v) is 6.25. The minimum absolute atomic E-state index is 0.593. The first kappa shape index (κ1) is 6.84. The second kappa shape index (κ2) is 2.65. The van der Waals surface area contributed by atoms with Crippen molar-refractivity contribution in [2.75, 3.05) is 0 Å². The fourth-order valence-electron chi connectivity index (χ4n) is 1.03. The van der Waals surface area contributed by atoms with Gasteiger partial charge in [-0.25, -0.2) is 0 Å². The van der Waals surface area contributed by atoms with E-state index < -0.39 is 0 Å². The highest BCUT2D eigenvalue weighted by Gasteiger charge is 2.02. The van der Waals surface area contributed by atoms with Crippen LogP contribution in [0.5, 0.6) is 0 Å². The number of hydrogen-bond acceptors (Lipinski definition) is 3. The molecule has 1 N–H and O–H groups in total. The number of benzene rings is 1. The summed E-state index contributed by atoms with van der Waals surface area (Å²) in [6.45, 7) is 0. The molecular weight excluding hydrogens is 154 g/mol. The largest absolute Gasteiger partial charge is 0.410 e. The topological polar surface area (TPSA) is 50.9 Å². The monoisotopic (exact) mass is 161 g/mol. The molecule has 0 fully saturated rings. The molecule has 0 saturated heterocycles. The first-order valence-corrected chi connectivity index (χ1v) is 3.53. The fourth-order valence-corrected chi connectivity index (χ4v) is 1.03. The quantitative estimate of drug-likeness (QED) is 0.639. The Labute approximate surface area is 69.0 Å². The van der Waals surface area contributed by atoms with Crippen LogP contribution < -0.4 is 0 Å². The van der Waals surface area contributed by atoms with Crippen LogP contribution in [0, 0.1) is 0 Å². The zero-order chi connectivity index (χ0) is 8.39. The molecule has 0 bridgehead atoms. The van der Waals surface area contributed by atoms with Crippen molar-refractivity contribution in [2.24, 2.45) is 0 Å². The summed E-state index contributed by atoms with van der Waals surface area (Å²) in [5.74, 6) is 0. The molecule has 0 aliphatic rings. The molecule has 0 atom stereocenters. The van der Waals surface area contributed by atoms with E-state index in [2.05, 4.69) is 10.3 Å². The Balaban J connectivity index is 2.51. The molecule has 0 radical (unpaired) electrons. The van der Waals surface area contributed by atoms with Crippen LogP contribution in [-0.4, -0.2) is 20.4 Å². The lowest BCUT2D eigenvalue weighted by Crippen LogP contribution is -1.94. The number of hydrogen-bond donors (Lipinski definition) is 1. The molecule has 2 aromatic rings. The van der Waals surface area contributed by atoms with Crippen molar-refractivity contribution < 1.29 is 5.21 Å². The maximum atomic E-state index is 9.15. The first-order chi connectivity index (χ1) is 5.88. The highest BCUT2D eigenvalue weighted by Crippen LogP contribution is 2.15. The van der Waals surface area contributed by atoms with Crippen molar-refractivity contribution in [3.8, 4) is 11.3 Å². The molecule has 4 heteroatoms. The lowest BCUT2D eigenvalue weighted by Gasteiger charge is -1.96. The SMILES string of the molecule is On1nncc1-c1ccccc1. The van der Waals surface area contributed by atoms with E-state index in [9.17, 15) is 0 Å². The standard InChI is InChI=1S/C8H7N3O/c12-11-8(6-9-10-11)7-4-2-1-3-5-7/h1-6,12H. The van der Waals surface area contributed by atoms with Crippen molar-refractivity contribution in [2.45, 2.75) is 0 Å². The van der Waals surface area contributed by atoms with Gasteiger partial charge in [-0.2, -0.15) is 0 Å². The Morgan fingerprint density at radius 1 is 1.17 bits per heavy atom. The van der Waals surface area contributed by atoms with Crippen LogP contribution >= 0.6 is 0 Å². The lowest BCUT2D eigenvalue weighted by molar-refractivity contribution is 0.147.